The number of carbonyl (C=O) groups excluding carboxylic acids is 1. The summed E-state index contributed by atoms with van der Waals surface area (Å²) in [6, 6.07) is 7.53. The number of para-hydroxylation sites is 1. The molecule has 2 heterocycles. The molecular weight excluding hydrogens is 380 g/mol. The molecule has 1 atom stereocenters. The highest BCUT2D eigenvalue weighted by atomic mass is 16.5. The number of piperidine rings is 1. The van der Waals surface area contributed by atoms with Gasteiger partial charge in [-0.25, -0.2) is 0 Å². The number of aromatic amines is 1. The number of amides is 1. The van der Waals surface area contributed by atoms with Gasteiger partial charge in [0.25, 0.3) is 5.91 Å². The fraction of sp³-hybridized carbons (Fsp3) is 0.565. The van der Waals surface area contributed by atoms with Crippen molar-refractivity contribution < 1.29 is 14.3 Å². The molecule has 2 N–H and O–H groups in total. The average molecular weight is 415 g/mol. The SMILES string of the molecule is COc1cccc(C(=O)NC[C@H]2CCCN(Cc3cc(CC(C)C)n[nH]3)C2)c1OC. The number of nitrogens with zero attached hydrogens (tertiary/aromatic N) is 2. The van der Waals surface area contributed by atoms with Gasteiger partial charge in [-0.15, -0.1) is 0 Å². The molecule has 7 heteroatoms. The summed E-state index contributed by atoms with van der Waals surface area (Å²) in [7, 11) is 3.12. The number of benzene rings is 1. The predicted molar refractivity (Wildman–Crippen MR) is 117 cm³/mol. The van der Waals surface area contributed by atoms with Crippen LogP contribution in [0.25, 0.3) is 0 Å². The fourth-order valence-corrected chi connectivity index (χ4v) is 4.11. The monoisotopic (exact) mass is 414 g/mol. The molecular formula is C23H34N4O3. The van der Waals surface area contributed by atoms with Gasteiger partial charge in [0.2, 0.25) is 0 Å². The molecule has 1 amide bonds. The average Bonchev–Trinajstić information content (AvgIpc) is 3.17. The highest BCUT2D eigenvalue weighted by Gasteiger charge is 2.22. The fourth-order valence-electron chi connectivity index (χ4n) is 4.11. The van der Waals surface area contributed by atoms with Gasteiger partial charge in [-0.1, -0.05) is 19.9 Å². The Hall–Kier alpha value is -2.54. The number of rotatable bonds is 9. The Morgan fingerprint density at radius 3 is 2.90 bits per heavy atom. The van der Waals surface area contributed by atoms with Crippen molar-refractivity contribution in [3.05, 3.63) is 41.2 Å². The topological polar surface area (TPSA) is 79.5 Å². The van der Waals surface area contributed by atoms with E-state index in [4.69, 9.17) is 9.47 Å². The van der Waals surface area contributed by atoms with E-state index in [-0.39, 0.29) is 5.91 Å². The third-order valence-electron chi connectivity index (χ3n) is 5.50. The van der Waals surface area contributed by atoms with E-state index in [0.29, 0.717) is 35.4 Å². The molecule has 164 valence electrons. The van der Waals surface area contributed by atoms with E-state index in [0.717, 1.165) is 50.3 Å². The van der Waals surface area contributed by atoms with Gasteiger partial charge in [-0.05, 0) is 55.8 Å². The van der Waals surface area contributed by atoms with Gasteiger partial charge >= 0.3 is 0 Å². The number of aromatic nitrogens is 2. The van der Waals surface area contributed by atoms with Crippen molar-refractivity contribution in [2.24, 2.45) is 11.8 Å². The number of hydrogen-bond acceptors (Lipinski definition) is 5. The summed E-state index contributed by atoms with van der Waals surface area (Å²) < 4.78 is 10.7. The van der Waals surface area contributed by atoms with E-state index < -0.39 is 0 Å². The molecule has 30 heavy (non-hydrogen) atoms. The lowest BCUT2D eigenvalue weighted by Crippen LogP contribution is -2.40. The summed E-state index contributed by atoms with van der Waals surface area (Å²) in [5.74, 6) is 1.93. The molecule has 0 bridgehead atoms. The lowest BCUT2D eigenvalue weighted by Gasteiger charge is -2.32. The van der Waals surface area contributed by atoms with Crippen LogP contribution in [-0.4, -0.2) is 54.9 Å². The van der Waals surface area contributed by atoms with Crippen molar-refractivity contribution in [2.75, 3.05) is 33.9 Å². The highest BCUT2D eigenvalue weighted by molar-refractivity contribution is 5.97. The zero-order valence-corrected chi connectivity index (χ0v) is 18.5. The first-order valence-corrected chi connectivity index (χ1v) is 10.7. The van der Waals surface area contributed by atoms with Gasteiger partial charge in [0, 0.05) is 25.3 Å². The Balaban J connectivity index is 1.53. The molecule has 0 spiro atoms. The summed E-state index contributed by atoms with van der Waals surface area (Å²) in [6.07, 6.45) is 3.25. The lowest BCUT2D eigenvalue weighted by atomic mass is 9.97. The van der Waals surface area contributed by atoms with Crippen LogP contribution in [0.15, 0.2) is 24.3 Å². The molecule has 0 aliphatic carbocycles. The van der Waals surface area contributed by atoms with Gasteiger partial charge in [-0.2, -0.15) is 5.10 Å². The van der Waals surface area contributed by atoms with Gasteiger partial charge in [0.1, 0.15) is 0 Å². The van der Waals surface area contributed by atoms with Crippen LogP contribution in [0.3, 0.4) is 0 Å². The van der Waals surface area contributed by atoms with Crippen molar-refractivity contribution in [1.29, 1.82) is 0 Å². The molecule has 0 saturated carbocycles. The number of H-pyrrole nitrogens is 1. The molecule has 3 rings (SSSR count). The Morgan fingerprint density at radius 1 is 1.33 bits per heavy atom. The van der Waals surface area contributed by atoms with Crippen LogP contribution in [0.5, 0.6) is 11.5 Å². The number of hydrogen-bond donors (Lipinski definition) is 2. The first-order valence-electron chi connectivity index (χ1n) is 10.7. The first kappa shape index (κ1) is 22.2. The van der Waals surface area contributed by atoms with Gasteiger partial charge < -0.3 is 14.8 Å². The number of nitrogens with one attached hydrogen (secondary N) is 2. The van der Waals surface area contributed by atoms with Gasteiger partial charge in [-0.3, -0.25) is 14.8 Å². The van der Waals surface area contributed by atoms with Crippen molar-refractivity contribution in [2.45, 2.75) is 39.7 Å². The Bertz CT molecular complexity index is 834. The maximum absolute atomic E-state index is 12.7. The predicted octanol–water partition coefficient (Wildman–Crippen LogP) is 3.27. The van der Waals surface area contributed by atoms with Crippen molar-refractivity contribution in [1.82, 2.24) is 20.4 Å². The minimum atomic E-state index is -0.130. The normalized spacial score (nSPS) is 17.2. The molecule has 1 saturated heterocycles. The molecule has 1 aliphatic heterocycles. The largest absolute Gasteiger partial charge is 0.493 e. The van der Waals surface area contributed by atoms with Crippen LogP contribution < -0.4 is 14.8 Å². The third-order valence-corrected chi connectivity index (χ3v) is 5.50. The first-order chi connectivity index (χ1) is 14.5. The van der Waals surface area contributed by atoms with E-state index in [1.165, 1.54) is 0 Å². The summed E-state index contributed by atoms with van der Waals surface area (Å²) in [5, 5.41) is 10.7. The van der Waals surface area contributed by atoms with E-state index in [1.54, 1.807) is 32.4 Å². The molecule has 1 aromatic carbocycles. The Labute approximate surface area is 179 Å². The molecule has 7 nitrogen and oxygen atoms in total. The van der Waals surface area contributed by atoms with Crippen molar-refractivity contribution >= 4 is 5.91 Å². The minimum Gasteiger partial charge on any atom is -0.493 e. The maximum Gasteiger partial charge on any atom is 0.255 e. The molecule has 0 unspecified atom stereocenters. The zero-order valence-electron chi connectivity index (χ0n) is 18.5. The van der Waals surface area contributed by atoms with Crippen LogP contribution >= 0.6 is 0 Å². The van der Waals surface area contributed by atoms with E-state index in [1.807, 2.05) is 0 Å². The van der Waals surface area contributed by atoms with Crippen molar-refractivity contribution in [3.63, 3.8) is 0 Å². The Morgan fingerprint density at radius 2 is 2.17 bits per heavy atom. The van der Waals surface area contributed by atoms with Crippen LogP contribution in [0.1, 0.15) is 48.4 Å². The van der Waals surface area contributed by atoms with Gasteiger partial charge in [0.05, 0.1) is 25.5 Å². The van der Waals surface area contributed by atoms with Crippen LogP contribution in [-0.2, 0) is 13.0 Å². The van der Waals surface area contributed by atoms with Crippen LogP contribution in [0.2, 0.25) is 0 Å². The highest BCUT2D eigenvalue weighted by Crippen LogP contribution is 2.30. The van der Waals surface area contributed by atoms with Crippen LogP contribution in [0.4, 0.5) is 0 Å². The zero-order chi connectivity index (χ0) is 21.5. The van der Waals surface area contributed by atoms with E-state index in [2.05, 4.69) is 40.3 Å². The molecule has 2 aromatic rings. The second-order valence-electron chi connectivity index (χ2n) is 8.48. The minimum absolute atomic E-state index is 0.130. The van der Waals surface area contributed by atoms with Crippen molar-refractivity contribution in [3.8, 4) is 11.5 Å². The maximum atomic E-state index is 12.7. The third kappa shape index (κ3) is 5.75. The lowest BCUT2D eigenvalue weighted by molar-refractivity contribution is 0.0926. The number of ether oxygens (including phenoxy) is 2. The number of likely N-dealkylation sites (tertiary alicyclic amines) is 1. The smallest absolute Gasteiger partial charge is 0.255 e. The molecule has 1 aliphatic rings. The van der Waals surface area contributed by atoms with E-state index >= 15 is 0 Å². The number of carbonyl (C=O) groups is 1. The second-order valence-corrected chi connectivity index (χ2v) is 8.48. The summed E-state index contributed by atoms with van der Waals surface area (Å²) in [4.78, 5) is 15.2. The summed E-state index contributed by atoms with van der Waals surface area (Å²) >= 11 is 0. The van der Waals surface area contributed by atoms with E-state index in [9.17, 15) is 4.79 Å². The van der Waals surface area contributed by atoms with Crippen LogP contribution in [0, 0.1) is 11.8 Å². The quantitative estimate of drug-likeness (QED) is 0.658. The van der Waals surface area contributed by atoms with Gasteiger partial charge in [0.15, 0.2) is 11.5 Å². The molecule has 0 radical (unpaired) electrons. The summed E-state index contributed by atoms with van der Waals surface area (Å²) in [6.45, 7) is 7.98. The number of methoxy groups -OCH3 is 2. The molecule has 1 fully saturated rings. The Kier molecular flexibility index (Phi) is 7.74. The standard InChI is InChI=1S/C23H34N4O3/c1-16(2)11-18-12-19(26-25-18)15-27-10-6-7-17(14-27)13-24-23(28)20-8-5-9-21(29-3)22(20)30-4/h5,8-9,12,16-17H,6-7,10-11,13-15H2,1-4H3,(H,24,28)(H,25,26)/t17-/m1/s1. The second kappa shape index (κ2) is 10.5. The molecule has 1 aromatic heterocycles. The summed E-state index contributed by atoms with van der Waals surface area (Å²) in [5.41, 5.74) is 2.80.